The number of halogens is 3. The number of hydrogen-bond donors (Lipinski definition) is 1. The number of likely N-dealkylation sites (tertiary alicyclic amines) is 1. The summed E-state index contributed by atoms with van der Waals surface area (Å²) >= 11 is 0. The number of benzene rings is 1. The molecule has 29 heavy (non-hydrogen) atoms. The van der Waals surface area contributed by atoms with Crippen LogP contribution in [0.1, 0.15) is 31.2 Å². The molecule has 1 aromatic rings. The molecule has 2 saturated heterocycles. The summed E-state index contributed by atoms with van der Waals surface area (Å²) in [4.78, 5) is 13.9. The molecule has 0 radical (unpaired) electrons. The van der Waals surface area contributed by atoms with E-state index in [1.54, 1.807) is 6.07 Å². The lowest BCUT2D eigenvalue weighted by molar-refractivity contribution is -0.149. The van der Waals surface area contributed by atoms with Gasteiger partial charge in [0.25, 0.3) is 0 Å². The molecule has 2 aliphatic rings. The number of carbonyl (C=O) groups excluding carboxylic acids is 1. The summed E-state index contributed by atoms with van der Waals surface area (Å²) in [7, 11) is -0.985. The van der Waals surface area contributed by atoms with Gasteiger partial charge in [-0.1, -0.05) is 12.1 Å². The Bertz CT molecular complexity index is 715. The largest absolute Gasteiger partial charge is 0.401 e. The summed E-state index contributed by atoms with van der Waals surface area (Å²) < 4.78 is 55.3. The van der Waals surface area contributed by atoms with Gasteiger partial charge in [0.05, 0.1) is 6.54 Å². The lowest BCUT2D eigenvalue weighted by Crippen LogP contribution is -2.42. The van der Waals surface area contributed by atoms with Crippen LogP contribution in [0.5, 0.6) is 0 Å². The minimum Gasteiger partial charge on any atom is -0.381 e. The molecule has 1 atom stereocenters. The molecule has 2 fully saturated rings. The van der Waals surface area contributed by atoms with E-state index in [0.29, 0.717) is 37.5 Å². The fraction of sp³-hybridized carbons (Fsp3) is 0.650. The summed E-state index contributed by atoms with van der Waals surface area (Å²) in [5.41, 5.74) is 1.53. The highest BCUT2D eigenvalue weighted by atomic mass is 32.2. The minimum absolute atomic E-state index is 0.142. The van der Waals surface area contributed by atoms with Gasteiger partial charge in [-0.2, -0.15) is 13.2 Å². The number of carbonyl (C=O) groups is 1. The Labute approximate surface area is 171 Å². The van der Waals surface area contributed by atoms with Gasteiger partial charge < -0.3 is 10.1 Å². The number of hydrogen-bond acceptors (Lipinski definition) is 4. The smallest absolute Gasteiger partial charge is 0.381 e. The zero-order valence-electron chi connectivity index (χ0n) is 16.2. The molecule has 0 saturated carbocycles. The molecule has 1 N–H and O–H groups in total. The maximum Gasteiger partial charge on any atom is 0.401 e. The first-order chi connectivity index (χ1) is 13.8. The standard InChI is InChI=1S/C20H27F3N2O3S/c21-20(22,23)14-25-8-4-16(5-9-25)19(26)24-17-3-1-2-15(12-17)13-29(27)18-6-10-28-11-7-18/h1-3,12,16,18H,4-11,13-14H2,(H,24,26). The van der Waals surface area contributed by atoms with Crippen LogP contribution in [-0.4, -0.2) is 59.3 Å². The summed E-state index contributed by atoms with van der Waals surface area (Å²) in [5, 5.41) is 3.01. The molecule has 0 bridgehead atoms. The Morgan fingerprint density at radius 1 is 1.17 bits per heavy atom. The van der Waals surface area contributed by atoms with E-state index in [-0.39, 0.29) is 30.2 Å². The molecule has 9 heteroatoms. The molecule has 0 aromatic heterocycles. The Kier molecular flexibility index (Phi) is 7.70. The number of nitrogens with zero attached hydrogens (tertiary/aromatic N) is 1. The van der Waals surface area contributed by atoms with Crippen molar-refractivity contribution in [1.82, 2.24) is 4.90 Å². The predicted molar refractivity (Wildman–Crippen MR) is 106 cm³/mol. The van der Waals surface area contributed by atoms with Crippen LogP contribution in [0.25, 0.3) is 0 Å². The molecule has 162 valence electrons. The van der Waals surface area contributed by atoms with Crippen molar-refractivity contribution >= 4 is 22.4 Å². The maximum atomic E-state index is 12.6. The normalized spacial score (nSPS) is 21.1. The highest BCUT2D eigenvalue weighted by molar-refractivity contribution is 7.84. The Balaban J connectivity index is 1.49. The van der Waals surface area contributed by atoms with E-state index in [1.807, 2.05) is 18.2 Å². The van der Waals surface area contributed by atoms with Crippen LogP contribution >= 0.6 is 0 Å². The average molecular weight is 433 g/mol. The van der Waals surface area contributed by atoms with E-state index in [9.17, 15) is 22.2 Å². The second-order valence-corrected chi connectivity index (χ2v) is 9.41. The summed E-state index contributed by atoms with van der Waals surface area (Å²) in [6.45, 7) is 0.902. The number of alkyl halides is 3. The van der Waals surface area contributed by atoms with Crippen molar-refractivity contribution in [3.63, 3.8) is 0 Å². The lowest BCUT2D eigenvalue weighted by atomic mass is 9.95. The highest BCUT2D eigenvalue weighted by Crippen LogP contribution is 2.24. The van der Waals surface area contributed by atoms with E-state index in [0.717, 1.165) is 18.4 Å². The van der Waals surface area contributed by atoms with E-state index in [4.69, 9.17) is 4.74 Å². The fourth-order valence-corrected chi connectivity index (χ4v) is 5.27. The molecule has 5 nitrogen and oxygen atoms in total. The first-order valence-corrected chi connectivity index (χ1v) is 11.3. The third-order valence-electron chi connectivity index (χ3n) is 5.40. The molecular weight excluding hydrogens is 405 g/mol. The summed E-state index contributed by atoms with van der Waals surface area (Å²) in [5.74, 6) is -0.0246. The molecule has 0 spiro atoms. The van der Waals surface area contributed by atoms with Crippen molar-refractivity contribution in [2.45, 2.75) is 42.9 Å². The Hall–Kier alpha value is -1.45. The van der Waals surface area contributed by atoms with Crippen molar-refractivity contribution in [3.8, 4) is 0 Å². The zero-order valence-corrected chi connectivity index (χ0v) is 17.1. The van der Waals surface area contributed by atoms with E-state index in [2.05, 4.69) is 5.32 Å². The number of ether oxygens (including phenoxy) is 1. The molecule has 2 aliphatic heterocycles. The van der Waals surface area contributed by atoms with Gasteiger partial charge in [-0.25, -0.2) is 0 Å². The number of anilines is 1. The highest BCUT2D eigenvalue weighted by Gasteiger charge is 2.33. The van der Waals surface area contributed by atoms with Crippen LogP contribution < -0.4 is 5.32 Å². The van der Waals surface area contributed by atoms with Gasteiger partial charge in [0, 0.05) is 46.6 Å². The van der Waals surface area contributed by atoms with Crippen molar-refractivity contribution in [2.75, 3.05) is 38.2 Å². The van der Waals surface area contributed by atoms with Crippen LogP contribution in [-0.2, 0) is 26.1 Å². The first-order valence-electron chi connectivity index (χ1n) is 9.94. The Morgan fingerprint density at radius 2 is 1.86 bits per heavy atom. The van der Waals surface area contributed by atoms with Gasteiger partial charge in [-0.05, 0) is 56.5 Å². The van der Waals surface area contributed by atoms with Crippen LogP contribution in [0, 0.1) is 5.92 Å². The molecule has 1 unspecified atom stereocenters. The third kappa shape index (κ3) is 7.08. The van der Waals surface area contributed by atoms with Crippen molar-refractivity contribution in [1.29, 1.82) is 0 Å². The monoisotopic (exact) mass is 432 g/mol. The fourth-order valence-electron chi connectivity index (χ4n) is 3.81. The first kappa shape index (κ1) is 22.2. The van der Waals surface area contributed by atoms with Gasteiger partial charge >= 0.3 is 6.18 Å². The Morgan fingerprint density at radius 3 is 2.52 bits per heavy atom. The second kappa shape index (κ2) is 10.0. The quantitative estimate of drug-likeness (QED) is 0.749. The summed E-state index contributed by atoms with van der Waals surface area (Å²) in [6, 6.07) is 7.31. The van der Waals surface area contributed by atoms with Crippen molar-refractivity contribution < 1.29 is 26.9 Å². The number of amides is 1. The molecule has 1 amide bonds. The molecule has 0 aliphatic carbocycles. The van der Waals surface area contributed by atoms with E-state index >= 15 is 0 Å². The maximum absolute atomic E-state index is 12.6. The number of rotatable bonds is 6. The zero-order chi connectivity index (χ0) is 20.9. The lowest BCUT2D eigenvalue weighted by Gasteiger charge is -2.31. The third-order valence-corrected chi connectivity index (χ3v) is 7.24. The molecule has 2 heterocycles. The van der Waals surface area contributed by atoms with Crippen LogP contribution in [0.4, 0.5) is 18.9 Å². The van der Waals surface area contributed by atoms with Crippen LogP contribution in [0.3, 0.4) is 0 Å². The van der Waals surface area contributed by atoms with Gasteiger partial charge in [-0.15, -0.1) is 0 Å². The van der Waals surface area contributed by atoms with E-state index in [1.165, 1.54) is 4.90 Å². The van der Waals surface area contributed by atoms with Gasteiger partial charge in [0.15, 0.2) is 0 Å². The van der Waals surface area contributed by atoms with Gasteiger partial charge in [0.1, 0.15) is 0 Å². The van der Waals surface area contributed by atoms with Crippen LogP contribution in [0.2, 0.25) is 0 Å². The number of nitrogens with one attached hydrogen (secondary N) is 1. The van der Waals surface area contributed by atoms with E-state index < -0.39 is 23.5 Å². The second-order valence-electron chi connectivity index (χ2n) is 7.69. The topological polar surface area (TPSA) is 58.6 Å². The van der Waals surface area contributed by atoms with Gasteiger partial charge in [0.2, 0.25) is 5.91 Å². The predicted octanol–water partition coefficient (Wildman–Crippen LogP) is 3.33. The van der Waals surface area contributed by atoms with Crippen molar-refractivity contribution in [2.24, 2.45) is 5.92 Å². The SMILES string of the molecule is O=C(Nc1cccc(CS(=O)C2CCOCC2)c1)C1CCN(CC(F)(F)F)CC1. The number of piperidine rings is 1. The molecule has 1 aromatic carbocycles. The van der Waals surface area contributed by atoms with Crippen LogP contribution in [0.15, 0.2) is 24.3 Å². The molecular formula is C20H27F3N2O3S. The molecule has 3 rings (SSSR count). The summed E-state index contributed by atoms with van der Waals surface area (Å²) in [6.07, 6.45) is -1.78. The van der Waals surface area contributed by atoms with Gasteiger partial charge in [-0.3, -0.25) is 13.9 Å². The average Bonchev–Trinajstić information content (AvgIpc) is 2.68. The van der Waals surface area contributed by atoms with Crippen molar-refractivity contribution in [3.05, 3.63) is 29.8 Å². The minimum atomic E-state index is -4.21.